The van der Waals surface area contributed by atoms with E-state index < -0.39 is 0 Å². The van der Waals surface area contributed by atoms with Crippen molar-refractivity contribution in [3.8, 4) is 0 Å². The maximum absolute atomic E-state index is 12.2. The molecule has 1 saturated heterocycles. The standard InChI is InChI=1S/C19H26N4OS/c1-14-5-7-15(8-6-14)21-18(24)10-19-22-17(13-25-19)12-23-9-3-4-16(11-23)20-2/h5-8,13,16,20H,3-4,9-12H2,1-2H3,(H,21,24). The van der Waals surface area contributed by atoms with Crippen molar-refractivity contribution in [1.82, 2.24) is 15.2 Å². The topological polar surface area (TPSA) is 57.3 Å². The predicted molar refractivity (Wildman–Crippen MR) is 103 cm³/mol. The monoisotopic (exact) mass is 358 g/mol. The summed E-state index contributed by atoms with van der Waals surface area (Å²) in [5.74, 6) is -0.0158. The number of piperidine rings is 1. The minimum Gasteiger partial charge on any atom is -0.326 e. The Labute approximate surface area is 153 Å². The summed E-state index contributed by atoms with van der Waals surface area (Å²) in [6, 6.07) is 8.42. The number of hydrogen-bond donors (Lipinski definition) is 2. The number of carbonyl (C=O) groups excluding carboxylic acids is 1. The summed E-state index contributed by atoms with van der Waals surface area (Å²) in [7, 11) is 2.03. The number of anilines is 1. The molecule has 134 valence electrons. The van der Waals surface area contributed by atoms with E-state index in [2.05, 4.69) is 25.9 Å². The Bertz CT molecular complexity index is 698. The zero-order valence-electron chi connectivity index (χ0n) is 14.9. The van der Waals surface area contributed by atoms with Crippen LogP contribution in [0, 0.1) is 6.92 Å². The zero-order valence-corrected chi connectivity index (χ0v) is 15.7. The van der Waals surface area contributed by atoms with Crippen LogP contribution in [-0.2, 0) is 17.8 Å². The molecule has 0 spiro atoms. The number of hydrogen-bond acceptors (Lipinski definition) is 5. The molecule has 1 fully saturated rings. The number of likely N-dealkylation sites (N-methyl/N-ethyl adjacent to an activating group) is 1. The molecule has 2 N–H and O–H groups in total. The van der Waals surface area contributed by atoms with Crippen molar-refractivity contribution in [2.75, 3.05) is 25.5 Å². The van der Waals surface area contributed by atoms with Gasteiger partial charge in [0.1, 0.15) is 5.01 Å². The zero-order chi connectivity index (χ0) is 17.6. The Morgan fingerprint density at radius 2 is 2.16 bits per heavy atom. The van der Waals surface area contributed by atoms with Crippen LogP contribution in [-0.4, -0.2) is 42.0 Å². The molecule has 1 atom stereocenters. The van der Waals surface area contributed by atoms with Gasteiger partial charge in [-0.2, -0.15) is 0 Å². The molecule has 1 unspecified atom stereocenters. The van der Waals surface area contributed by atoms with E-state index in [-0.39, 0.29) is 5.91 Å². The highest BCUT2D eigenvalue weighted by Crippen LogP contribution is 2.17. The van der Waals surface area contributed by atoms with Crippen LogP contribution >= 0.6 is 11.3 Å². The van der Waals surface area contributed by atoms with Gasteiger partial charge in [0.25, 0.3) is 0 Å². The molecule has 1 aliphatic heterocycles. The largest absolute Gasteiger partial charge is 0.326 e. The second-order valence-electron chi connectivity index (χ2n) is 6.69. The molecule has 25 heavy (non-hydrogen) atoms. The molecule has 1 amide bonds. The minimum atomic E-state index is -0.0158. The number of aryl methyl sites for hydroxylation is 1. The molecule has 1 aromatic carbocycles. The molecular formula is C19H26N4OS. The van der Waals surface area contributed by atoms with Crippen LogP contribution in [0.25, 0.3) is 0 Å². The Morgan fingerprint density at radius 1 is 1.36 bits per heavy atom. The van der Waals surface area contributed by atoms with Crippen molar-refractivity contribution in [2.24, 2.45) is 0 Å². The molecule has 6 heteroatoms. The second kappa shape index (κ2) is 8.56. The van der Waals surface area contributed by atoms with Gasteiger partial charge in [-0.25, -0.2) is 4.98 Å². The number of aromatic nitrogens is 1. The highest BCUT2D eigenvalue weighted by Gasteiger charge is 2.19. The average molecular weight is 359 g/mol. The molecule has 1 aliphatic rings. The van der Waals surface area contributed by atoms with Gasteiger partial charge in [0.05, 0.1) is 12.1 Å². The van der Waals surface area contributed by atoms with Crippen LogP contribution in [0.1, 0.15) is 29.1 Å². The van der Waals surface area contributed by atoms with Crippen LogP contribution in [0.3, 0.4) is 0 Å². The molecule has 2 heterocycles. The fourth-order valence-electron chi connectivity index (χ4n) is 3.15. The first-order chi connectivity index (χ1) is 12.1. The summed E-state index contributed by atoms with van der Waals surface area (Å²) in [6.45, 7) is 5.09. The number of rotatable bonds is 6. The number of thiazole rings is 1. The summed E-state index contributed by atoms with van der Waals surface area (Å²) in [5.41, 5.74) is 3.08. The summed E-state index contributed by atoms with van der Waals surface area (Å²) in [4.78, 5) is 19.3. The van der Waals surface area contributed by atoms with Gasteiger partial charge >= 0.3 is 0 Å². The minimum absolute atomic E-state index is 0.0158. The third-order valence-corrected chi connectivity index (χ3v) is 5.44. The third kappa shape index (κ3) is 5.36. The molecule has 5 nitrogen and oxygen atoms in total. The van der Waals surface area contributed by atoms with Gasteiger partial charge in [0, 0.05) is 30.2 Å². The van der Waals surface area contributed by atoms with Gasteiger partial charge in [-0.3, -0.25) is 9.69 Å². The Balaban J connectivity index is 1.51. The van der Waals surface area contributed by atoms with Gasteiger partial charge in [-0.05, 0) is 45.5 Å². The van der Waals surface area contributed by atoms with Gasteiger partial charge in [-0.15, -0.1) is 11.3 Å². The Morgan fingerprint density at radius 3 is 2.92 bits per heavy atom. The quantitative estimate of drug-likeness (QED) is 0.834. The molecular weight excluding hydrogens is 332 g/mol. The normalized spacial score (nSPS) is 18.2. The van der Waals surface area contributed by atoms with E-state index in [1.54, 1.807) is 11.3 Å². The smallest absolute Gasteiger partial charge is 0.231 e. The van der Waals surface area contributed by atoms with E-state index in [9.17, 15) is 4.79 Å². The number of benzene rings is 1. The van der Waals surface area contributed by atoms with Crippen molar-refractivity contribution < 1.29 is 4.79 Å². The highest BCUT2D eigenvalue weighted by atomic mass is 32.1. The number of amides is 1. The molecule has 2 aromatic rings. The maximum Gasteiger partial charge on any atom is 0.231 e. The van der Waals surface area contributed by atoms with E-state index in [1.807, 2.05) is 38.2 Å². The van der Waals surface area contributed by atoms with Gasteiger partial charge in [-0.1, -0.05) is 17.7 Å². The molecule has 0 saturated carbocycles. The van der Waals surface area contributed by atoms with Crippen LogP contribution in [0.15, 0.2) is 29.6 Å². The number of carbonyl (C=O) groups is 1. The lowest BCUT2D eigenvalue weighted by Gasteiger charge is -2.31. The van der Waals surface area contributed by atoms with Crippen molar-refractivity contribution in [2.45, 2.75) is 38.8 Å². The lowest BCUT2D eigenvalue weighted by atomic mass is 10.1. The lowest BCUT2D eigenvalue weighted by molar-refractivity contribution is -0.115. The SMILES string of the molecule is CNC1CCCN(Cc2csc(CC(=O)Nc3ccc(C)cc3)n2)C1. The molecule has 0 aliphatic carbocycles. The summed E-state index contributed by atoms with van der Waals surface area (Å²) in [6.07, 6.45) is 2.80. The lowest BCUT2D eigenvalue weighted by Crippen LogP contribution is -2.43. The van der Waals surface area contributed by atoms with Crippen molar-refractivity contribution in [3.63, 3.8) is 0 Å². The average Bonchev–Trinajstić information content (AvgIpc) is 3.04. The summed E-state index contributed by atoms with van der Waals surface area (Å²) in [5, 5.41) is 9.25. The summed E-state index contributed by atoms with van der Waals surface area (Å²) >= 11 is 1.57. The van der Waals surface area contributed by atoms with Crippen LogP contribution in [0.5, 0.6) is 0 Å². The van der Waals surface area contributed by atoms with E-state index in [0.717, 1.165) is 36.0 Å². The van der Waals surface area contributed by atoms with Crippen LogP contribution < -0.4 is 10.6 Å². The fourth-order valence-corrected chi connectivity index (χ4v) is 3.93. The molecule has 1 aromatic heterocycles. The van der Waals surface area contributed by atoms with Crippen LogP contribution in [0.4, 0.5) is 5.69 Å². The summed E-state index contributed by atoms with van der Waals surface area (Å²) < 4.78 is 0. The highest BCUT2D eigenvalue weighted by molar-refractivity contribution is 7.09. The fraction of sp³-hybridized carbons (Fsp3) is 0.474. The van der Waals surface area contributed by atoms with Gasteiger partial charge in [0.15, 0.2) is 0 Å². The molecule has 0 radical (unpaired) electrons. The first-order valence-electron chi connectivity index (χ1n) is 8.82. The third-order valence-electron chi connectivity index (χ3n) is 4.55. The molecule has 3 rings (SSSR count). The van der Waals surface area contributed by atoms with Crippen molar-refractivity contribution >= 4 is 22.9 Å². The van der Waals surface area contributed by atoms with E-state index in [0.29, 0.717) is 12.5 Å². The van der Waals surface area contributed by atoms with E-state index in [1.165, 1.54) is 18.4 Å². The van der Waals surface area contributed by atoms with Gasteiger partial charge < -0.3 is 10.6 Å². The Kier molecular flexibility index (Phi) is 6.18. The first-order valence-corrected chi connectivity index (χ1v) is 9.70. The first kappa shape index (κ1) is 18.0. The van der Waals surface area contributed by atoms with Gasteiger partial charge in [0.2, 0.25) is 5.91 Å². The maximum atomic E-state index is 12.2. The second-order valence-corrected chi connectivity index (χ2v) is 7.63. The Hall–Kier alpha value is -1.76. The molecule has 0 bridgehead atoms. The van der Waals surface area contributed by atoms with E-state index >= 15 is 0 Å². The number of likely N-dealkylation sites (tertiary alicyclic amines) is 1. The number of nitrogens with one attached hydrogen (secondary N) is 2. The van der Waals surface area contributed by atoms with Crippen molar-refractivity contribution in [3.05, 3.63) is 45.9 Å². The van der Waals surface area contributed by atoms with Crippen molar-refractivity contribution in [1.29, 1.82) is 0 Å². The van der Waals surface area contributed by atoms with E-state index in [4.69, 9.17) is 0 Å². The van der Waals surface area contributed by atoms with Crippen LogP contribution in [0.2, 0.25) is 0 Å². The predicted octanol–water partition coefficient (Wildman–Crippen LogP) is 2.82. The number of nitrogens with zero attached hydrogens (tertiary/aromatic N) is 2.